The first-order valence-corrected chi connectivity index (χ1v) is 10.2. The van der Waals surface area contributed by atoms with Gasteiger partial charge in [-0.25, -0.2) is 0 Å². The van der Waals surface area contributed by atoms with Gasteiger partial charge in [-0.2, -0.15) is 9.61 Å². The monoisotopic (exact) mass is 453 g/mol. The van der Waals surface area contributed by atoms with Gasteiger partial charge in [0.05, 0.1) is 4.92 Å². The lowest BCUT2D eigenvalue weighted by Crippen LogP contribution is -2.34. The molecule has 156 valence electrons. The van der Waals surface area contributed by atoms with E-state index in [1.54, 1.807) is 4.52 Å². The van der Waals surface area contributed by atoms with Crippen LogP contribution in [0.25, 0.3) is 15.5 Å². The Bertz CT molecular complexity index is 1350. The second kappa shape index (κ2) is 8.16. The number of thiocarbonyl (C=S) groups is 1. The molecule has 0 spiro atoms. The molecule has 4 rings (SSSR count). The maximum Gasteiger partial charge on any atom is 0.270 e. The predicted octanol–water partition coefficient (Wildman–Crippen LogP) is 3.50. The molecular weight excluding hydrogens is 438 g/mol. The van der Waals surface area contributed by atoms with E-state index in [2.05, 4.69) is 25.9 Å². The van der Waals surface area contributed by atoms with Crippen molar-refractivity contribution in [3.63, 3.8) is 0 Å². The second-order valence-electron chi connectivity index (χ2n) is 6.54. The number of nitrogens with one attached hydrogen (secondary N) is 2. The van der Waals surface area contributed by atoms with Crippen molar-refractivity contribution in [1.82, 2.24) is 25.1 Å². The van der Waals surface area contributed by atoms with Crippen molar-refractivity contribution >= 4 is 50.9 Å². The van der Waals surface area contributed by atoms with Crippen molar-refractivity contribution in [3.8, 4) is 10.6 Å². The zero-order chi connectivity index (χ0) is 22.1. The molecule has 0 radical (unpaired) electrons. The fraction of sp³-hybridized carbons (Fsp3) is 0.105. The average molecular weight is 454 g/mol. The lowest BCUT2D eigenvalue weighted by atomic mass is 10.1. The molecule has 1 amide bonds. The molecular formula is C19H15N7O3S2. The largest absolute Gasteiger partial charge is 0.332 e. The van der Waals surface area contributed by atoms with E-state index in [4.69, 9.17) is 12.2 Å². The molecule has 0 bridgehead atoms. The van der Waals surface area contributed by atoms with Gasteiger partial charge in [0.15, 0.2) is 10.9 Å². The molecule has 2 heterocycles. The summed E-state index contributed by atoms with van der Waals surface area (Å²) in [6.45, 7) is 3.74. The van der Waals surface area contributed by atoms with Crippen molar-refractivity contribution in [2.24, 2.45) is 0 Å². The number of hydrogen-bond acceptors (Lipinski definition) is 8. The molecule has 0 aliphatic heterocycles. The normalized spacial score (nSPS) is 10.8. The number of carbonyl (C=O) groups excluding carboxylic acids is 1. The van der Waals surface area contributed by atoms with Gasteiger partial charge >= 0.3 is 0 Å². The van der Waals surface area contributed by atoms with Gasteiger partial charge in [0.1, 0.15) is 5.01 Å². The Balaban J connectivity index is 1.52. The number of amides is 1. The molecule has 0 saturated heterocycles. The highest BCUT2D eigenvalue weighted by atomic mass is 32.1. The standard InChI is InChI=1S/C19H15N7O3S2/c1-10-14(17-24-25-11(2)22-23-19(25)31-17)7-4-8-15(10)20-18(30)21-16(27)12-5-3-6-13(9-12)26(28)29/h3-9H,1-2H3,(H2,20,21,27,30). The van der Waals surface area contributed by atoms with Gasteiger partial charge in [0, 0.05) is 28.9 Å². The van der Waals surface area contributed by atoms with Crippen LogP contribution < -0.4 is 10.6 Å². The van der Waals surface area contributed by atoms with E-state index < -0.39 is 10.8 Å². The Hall–Kier alpha value is -3.77. The number of benzene rings is 2. The fourth-order valence-electron chi connectivity index (χ4n) is 2.92. The van der Waals surface area contributed by atoms with Crippen molar-refractivity contribution in [2.75, 3.05) is 5.32 Å². The smallest absolute Gasteiger partial charge is 0.270 e. The van der Waals surface area contributed by atoms with Gasteiger partial charge < -0.3 is 5.32 Å². The van der Waals surface area contributed by atoms with Gasteiger partial charge in [0.25, 0.3) is 11.6 Å². The molecule has 0 aliphatic carbocycles. The lowest BCUT2D eigenvalue weighted by molar-refractivity contribution is -0.384. The van der Waals surface area contributed by atoms with Gasteiger partial charge in [-0.3, -0.25) is 20.2 Å². The molecule has 12 heteroatoms. The third kappa shape index (κ3) is 4.11. The van der Waals surface area contributed by atoms with E-state index in [1.807, 2.05) is 32.0 Å². The number of fused-ring (bicyclic) bond motifs is 1. The molecule has 2 aromatic heterocycles. The first-order valence-electron chi connectivity index (χ1n) is 8.99. The Labute approximate surface area is 185 Å². The van der Waals surface area contributed by atoms with Crippen molar-refractivity contribution in [1.29, 1.82) is 0 Å². The summed E-state index contributed by atoms with van der Waals surface area (Å²) >= 11 is 6.68. The van der Waals surface area contributed by atoms with Crippen LogP contribution in [0.4, 0.5) is 11.4 Å². The van der Waals surface area contributed by atoms with Crippen LogP contribution in [0.1, 0.15) is 21.7 Å². The number of aryl methyl sites for hydroxylation is 1. The third-order valence-corrected chi connectivity index (χ3v) is 5.64. The molecule has 0 aliphatic rings. The van der Waals surface area contributed by atoms with Crippen LogP contribution in [0, 0.1) is 24.0 Å². The van der Waals surface area contributed by atoms with Gasteiger partial charge in [-0.05, 0) is 43.8 Å². The number of anilines is 1. The van der Waals surface area contributed by atoms with E-state index in [9.17, 15) is 14.9 Å². The number of aromatic nitrogens is 4. The number of non-ortho nitro benzene ring substituents is 1. The van der Waals surface area contributed by atoms with Gasteiger partial charge in [0.2, 0.25) is 4.96 Å². The highest BCUT2D eigenvalue weighted by molar-refractivity contribution is 7.80. The zero-order valence-corrected chi connectivity index (χ0v) is 18.0. The van der Waals surface area contributed by atoms with Crippen molar-refractivity contribution in [2.45, 2.75) is 13.8 Å². The SMILES string of the molecule is Cc1c(NC(=S)NC(=O)c2cccc([N+](=O)[O-])c2)cccc1-c1nn2c(C)nnc2s1. The molecule has 0 saturated carbocycles. The zero-order valence-electron chi connectivity index (χ0n) is 16.3. The number of hydrogen-bond donors (Lipinski definition) is 2. The molecule has 4 aromatic rings. The highest BCUT2D eigenvalue weighted by Crippen LogP contribution is 2.31. The van der Waals surface area contributed by atoms with E-state index in [0.29, 0.717) is 16.5 Å². The van der Waals surface area contributed by atoms with E-state index in [-0.39, 0.29) is 16.4 Å². The molecule has 2 aromatic carbocycles. The average Bonchev–Trinajstić information content (AvgIpc) is 3.31. The predicted molar refractivity (Wildman–Crippen MR) is 120 cm³/mol. The topological polar surface area (TPSA) is 127 Å². The van der Waals surface area contributed by atoms with E-state index in [1.165, 1.54) is 35.6 Å². The molecule has 31 heavy (non-hydrogen) atoms. The number of nitrogens with zero attached hydrogens (tertiary/aromatic N) is 5. The maximum atomic E-state index is 12.4. The molecule has 2 N–H and O–H groups in total. The van der Waals surface area contributed by atoms with E-state index >= 15 is 0 Å². The first-order chi connectivity index (χ1) is 14.8. The summed E-state index contributed by atoms with van der Waals surface area (Å²) in [4.78, 5) is 23.5. The minimum absolute atomic E-state index is 0.0748. The van der Waals surface area contributed by atoms with Crippen LogP contribution in [0.3, 0.4) is 0 Å². The summed E-state index contributed by atoms with van der Waals surface area (Å²) in [5.74, 6) is 0.161. The molecule has 10 nitrogen and oxygen atoms in total. The lowest BCUT2D eigenvalue weighted by Gasteiger charge is -2.13. The van der Waals surface area contributed by atoms with Crippen LogP contribution >= 0.6 is 23.6 Å². The third-order valence-electron chi connectivity index (χ3n) is 4.51. The Kier molecular flexibility index (Phi) is 5.40. The summed E-state index contributed by atoms with van der Waals surface area (Å²) in [5, 5.41) is 29.9. The van der Waals surface area contributed by atoms with Gasteiger partial charge in [-0.15, -0.1) is 10.2 Å². The fourth-order valence-corrected chi connectivity index (χ4v) is 4.09. The van der Waals surface area contributed by atoms with Crippen LogP contribution in [0.15, 0.2) is 42.5 Å². The number of nitro groups is 1. The second-order valence-corrected chi connectivity index (χ2v) is 7.91. The van der Waals surface area contributed by atoms with Crippen LogP contribution in [-0.2, 0) is 0 Å². The van der Waals surface area contributed by atoms with Crippen molar-refractivity contribution < 1.29 is 9.72 Å². The summed E-state index contributed by atoms with van der Waals surface area (Å²) in [5.41, 5.74) is 2.45. The summed E-state index contributed by atoms with van der Waals surface area (Å²) < 4.78 is 1.68. The first kappa shape index (κ1) is 20.5. The molecule has 0 unspecified atom stereocenters. The minimum atomic E-state index is -0.560. The summed E-state index contributed by atoms with van der Waals surface area (Å²) in [7, 11) is 0. The molecule has 0 atom stereocenters. The van der Waals surface area contributed by atoms with Gasteiger partial charge in [-0.1, -0.05) is 29.5 Å². The Morgan fingerprint density at radius 2 is 1.97 bits per heavy atom. The maximum absolute atomic E-state index is 12.4. The minimum Gasteiger partial charge on any atom is -0.332 e. The van der Waals surface area contributed by atoms with E-state index in [0.717, 1.165) is 16.1 Å². The van der Waals surface area contributed by atoms with Crippen LogP contribution in [0.5, 0.6) is 0 Å². The van der Waals surface area contributed by atoms with Crippen molar-refractivity contribution in [3.05, 3.63) is 69.5 Å². The Morgan fingerprint density at radius 3 is 2.71 bits per heavy atom. The number of carbonyl (C=O) groups is 1. The summed E-state index contributed by atoms with van der Waals surface area (Å²) in [6, 6.07) is 11.0. The Morgan fingerprint density at radius 1 is 1.19 bits per heavy atom. The highest BCUT2D eigenvalue weighted by Gasteiger charge is 2.16. The van der Waals surface area contributed by atoms with Crippen LogP contribution in [-0.4, -0.2) is 35.8 Å². The quantitative estimate of drug-likeness (QED) is 0.273. The number of rotatable bonds is 4. The molecule has 0 fully saturated rings. The summed E-state index contributed by atoms with van der Waals surface area (Å²) in [6.07, 6.45) is 0. The van der Waals surface area contributed by atoms with Crippen LogP contribution in [0.2, 0.25) is 0 Å². The number of nitro benzene ring substituents is 1.